The largest absolute Gasteiger partial charge is 0.368 e. The highest BCUT2D eigenvalue weighted by Gasteiger charge is 2.25. The van der Waals surface area contributed by atoms with E-state index in [0.717, 1.165) is 5.56 Å². The fourth-order valence-corrected chi connectivity index (χ4v) is 3.42. The van der Waals surface area contributed by atoms with Crippen LogP contribution in [0.3, 0.4) is 0 Å². The average Bonchev–Trinajstić information content (AvgIpc) is 3.21. The number of hydrogen-bond acceptors (Lipinski definition) is 5. The van der Waals surface area contributed by atoms with Crippen molar-refractivity contribution in [3.05, 3.63) is 71.9 Å². The SMILES string of the molecule is Cc1cccc(NC(=O)Nc2ccc(F)c(-c3nc(C(C)(C)C)[nH]c3-c3ccnc(N)n3)c2)c1. The van der Waals surface area contributed by atoms with E-state index in [1.54, 1.807) is 18.2 Å². The van der Waals surface area contributed by atoms with E-state index in [9.17, 15) is 4.79 Å². The summed E-state index contributed by atoms with van der Waals surface area (Å²) in [7, 11) is 0. The van der Waals surface area contributed by atoms with Gasteiger partial charge in [-0.05, 0) is 48.9 Å². The lowest BCUT2D eigenvalue weighted by atomic mass is 9.96. The fraction of sp³-hybridized carbons (Fsp3) is 0.200. The number of H-pyrrole nitrogens is 1. The molecule has 0 spiro atoms. The quantitative estimate of drug-likeness (QED) is 0.321. The number of aryl methyl sites for hydroxylation is 1. The Bertz CT molecular complexity index is 1360. The van der Waals surface area contributed by atoms with Crippen LogP contribution in [0.15, 0.2) is 54.7 Å². The molecule has 8 nitrogen and oxygen atoms in total. The van der Waals surface area contributed by atoms with E-state index in [0.29, 0.717) is 34.3 Å². The first kappa shape index (κ1) is 22.9. The predicted molar refractivity (Wildman–Crippen MR) is 132 cm³/mol. The Morgan fingerprint density at radius 1 is 1.03 bits per heavy atom. The number of carbonyl (C=O) groups excluding carboxylic acids is 1. The summed E-state index contributed by atoms with van der Waals surface area (Å²) in [5.74, 6) is 0.267. The molecule has 0 aliphatic heterocycles. The molecule has 0 radical (unpaired) electrons. The Morgan fingerprint density at radius 3 is 2.44 bits per heavy atom. The van der Waals surface area contributed by atoms with Crippen molar-refractivity contribution >= 4 is 23.4 Å². The molecule has 174 valence electrons. The summed E-state index contributed by atoms with van der Waals surface area (Å²) in [4.78, 5) is 28.7. The van der Waals surface area contributed by atoms with Gasteiger partial charge in [0.25, 0.3) is 0 Å². The molecule has 0 unspecified atom stereocenters. The van der Waals surface area contributed by atoms with Gasteiger partial charge in [0.1, 0.15) is 17.3 Å². The molecule has 2 aromatic heterocycles. The van der Waals surface area contributed by atoms with Crippen LogP contribution in [0.5, 0.6) is 0 Å². The van der Waals surface area contributed by atoms with Crippen LogP contribution in [0.2, 0.25) is 0 Å². The molecule has 0 fully saturated rings. The van der Waals surface area contributed by atoms with E-state index in [2.05, 4.69) is 25.6 Å². The zero-order chi connectivity index (χ0) is 24.5. The molecule has 0 saturated carbocycles. The maximum absolute atomic E-state index is 15.0. The molecule has 2 heterocycles. The molecule has 0 bridgehead atoms. The van der Waals surface area contributed by atoms with Crippen molar-refractivity contribution in [2.75, 3.05) is 16.4 Å². The molecule has 34 heavy (non-hydrogen) atoms. The second-order valence-electron chi connectivity index (χ2n) is 9.00. The van der Waals surface area contributed by atoms with Crippen molar-refractivity contribution in [2.24, 2.45) is 0 Å². The third-order valence-corrected chi connectivity index (χ3v) is 5.10. The number of anilines is 3. The van der Waals surface area contributed by atoms with Crippen LogP contribution in [0, 0.1) is 12.7 Å². The van der Waals surface area contributed by atoms with Gasteiger partial charge in [0.15, 0.2) is 0 Å². The Hall–Kier alpha value is -4.27. The maximum atomic E-state index is 15.0. The number of aromatic nitrogens is 4. The van der Waals surface area contributed by atoms with Gasteiger partial charge in [-0.2, -0.15) is 0 Å². The van der Waals surface area contributed by atoms with E-state index in [1.807, 2.05) is 45.9 Å². The monoisotopic (exact) mass is 459 g/mol. The number of rotatable bonds is 4. The number of urea groups is 1. The van der Waals surface area contributed by atoms with E-state index < -0.39 is 11.8 Å². The number of hydrogen-bond donors (Lipinski definition) is 4. The molecule has 9 heteroatoms. The number of nitrogens with one attached hydrogen (secondary N) is 3. The summed E-state index contributed by atoms with van der Waals surface area (Å²) >= 11 is 0. The van der Waals surface area contributed by atoms with Crippen molar-refractivity contribution < 1.29 is 9.18 Å². The first-order valence-corrected chi connectivity index (χ1v) is 10.7. The van der Waals surface area contributed by atoms with Crippen molar-refractivity contribution in [3.63, 3.8) is 0 Å². The topological polar surface area (TPSA) is 122 Å². The second-order valence-corrected chi connectivity index (χ2v) is 9.00. The molecule has 0 saturated heterocycles. The zero-order valence-corrected chi connectivity index (χ0v) is 19.4. The number of halogens is 1. The van der Waals surface area contributed by atoms with Gasteiger partial charge in [-0.1, -0.05) is 32.9 Å². The molecule has 5 N–H and O–H groups in total. The smallest absolute Gasteiger partial charge is 0.323 e. The molecule has 0 aliphatic rings. The Kier molecular flexibility index (Phi) is 6.02. The summed E-state index contributed by atoms with van der Waals surface area (Å²) in [5.41, 5.74) is 9.12. The highest BCUT2D eigenvalue weighted by Crippen LogP contribution is 2.35. The van der Waals surface area contributed by atoms with Gasteiger partial charge in [0.2, 0.25) is 5.95 Å². The Morgan fingerprint density at radius 2 is 1.76 bits per heavy atom. The van der Waals surface area contributed by atoms with Crippen LogP contribution < -0.4 is 16.4 Å². The van der Waals surface area contributed by atoms with E-state index in [-0.39, 0.29) is 16.9 Å². The maximum Gasteiger partial charge on any atom is 0.323 e. The molecule has 4 aromatic rings. The zero-order valence-electron chi connectivity index (χ0n) is 19.4. The predicted octanol–water partition coefficient (Wildman–Crippen LogP) is 5.50. The van der Waals surface area contributed by atoms with Gasteiger partial charge in [-0.3, -0.25) is 0 Å². The van der Waals surface area contributed by atoms with Gasteiger partial charge >= 0.3 is 6.03 Å². The van der Waals surface area contributed by atoms with E-state index in [4.69, 9.17) is 10.7 Å². The molecule has 2 aromatic carbocycles. The van der Waals surface area contributed by atoms with Gasteiger partial charge in [0.05, 0.1) is 11.4 Å². The first-order chi connectivity index (χ1) is 16.1. The van der Waals surface area contributed by atoms with Crippen molar-refractivity contribution in [3.8, 4) is 22.6 Å². The highest BCUT2D eigenvalue weighted by atomic mass is 19.1. The molecular weight excluding hydrogens is 433 g/mol. The fourth-order valence-electron chi connectivity index (χ4n) is 3.42. The Labute approximate surface area is 196 Å². The second kappa shape index (κ2) is 8.93. The standard InChI is InChI=1S/C25H26FN7O/c1-14-6-5-7-15(12-14)29-24(34)30-16-8-9-18(26)17(13-16)20-21(19-10-11-28-23(27)31-19)33-22(32-20)25(2,3)4/h5-13H,1-4H3,(H,32,33)(H2,27,28,31)(H2,29,30,34). The number of nitrogen functional groups attached to an aromatic ring is 1. The van der Waals surface area contributed by atoms with Gasteiger partial charge in [-0.25, -0.2) is 24.1 Å². The molecule has 0 aliphatic carbocycles. The van der Waals surface area contributed by atoms with Crippen LogP contribution in [0.1, 0.15) is 32.2 Å². The summed E-state index contributed by atoms with van der Waals surface area (Å²) in [6.07, 6.45) is 1.53. The average molecular weight is 460 g/mol. The van der Waals surface area contributed by atoms with Crippen LogP contribution in [-0.4, -0.2) is 26.0 Å². The van der Waals surface area contributed by atoms with Crippen molar-refractivity contribution in [2.45, 2.75) is 33.1 Å². The van der Waals surface area contributed by atoms with Crippen molar-refractivity contribution in [1.82, 2.24) is 19.9 Å². The van der Waals surface area contributed by atoms with Crippen LogP contribution in [-0.2, 0) is 5.41 Å². The van der Waals surface area contributed by atoms with Gasteiger partial charge in [0, 0.05) is 28.6 Å². The summed E-state index contributed by atoms with van der Waals surface area (Å²) in [6.45, 7) is 7.93. The minimum Gasteiger partial charge on any atom is -0.368 e. The molecular formula is C25H26FN7O. The third kappa shape index (κ3) is 5.03. The number of aromatic amines is 1. The number of amides is 2. The van der Waals surface area contributed by atoms with E-state index in [1.165, 1.54) is 18.3 Å². The Balaban J connectivity index is 1.71. The number of carbonyl (C=O) groups is 1. The van der Waals surface area contributed by atoms with Gasteiger partial charge in [-0.15, -0.1) is 0 Å². The lowest BCUT2D eigenvalue weighted by molar-refractivity contribution is 0.262. The lowest BCUT2D eigenvalue weighted by Gasteiger charge is -2.14. The third-order valence-electron chi connectivity index (χ3n) is 5.10. The molecule has 2 amide bonds. The van der Waals surface area contributed by atoms with Crippen LogP contribution in [0.4, 0.5) is 26.5 Å². The first-order valence-electron chi connectivity index (χ1n) is 10.7. The number of imidazole rings is 1. The normalized spacial score (nSPS) is 11.3. The number of nitrogens with two attached hydrogens (primary N) is 1. The van der Waals surface area contributed by atoms with Crippen LogP contribution in [0.25, 0.3) is 22.6 Å². The van der Waals surface area contributed by atoms with Crippen LogP contribution >= 0.6 is 0 Å². The highest BCUT2D eigenvalue weighted by molar-refractivity contribution is 6.00. The van der Waals surface area contributed by atoms with Crippen molar-refractivity contribution in [1.29, 1.82) is 0 Å². The number of benzene rings is 2. The lowest BCUT2D eigenvalue weighted by Crippen LogP contribution is -2.19. The number of nitrogens with zero attached hydrogens (tertiary/aromatic N) is 3. The molecule has 4 rings (SSSR count). The minimum absolute atomic E-state index is 0.0964. The summed E-state index contributed by atoms with van der Waals surface area (Å²) < 4.78 is 15.0. The van der Waals surface area contributed by atoms with E-state index >= 15 is 4.39 Å². The minimum atomic E-state index is -0.486. The summed E-state index contributed by atoms with van der Waals surface area (Å²) in [5, 5.41) is 5.53. The molecule has 0 atom stereocenters. The van der Waals surface area contributed by atoms with Gasteiger partial charge < -0.3 is 21.4 Å². The summed E-state index contributed by atoms with van der Waals surface area (Å²) in [6, 6.07) is 13.0.